The highest BCUT2D eigenvalue weighted by atomic mass is 16.5. The van der Waals surface area contributed by atoms with Crippen molar-refractivity contribution in [3.05, 3.63) is 0 Å². The van der Waals surface area contributed by atoms with Crippen molar-refractivity contribution in [2.75, 3.05) is 26.2 Å². The molecule has 0 aromatic carbocycles. The molecule has 3 heteroatoms. The molecular weight excluding hydrogens is 202 g/mol. The summed E-state index contributed by atoms with van der Waals surface area (Å²) in [5.74, 6) is 0.711. The number of carbonyl (C=O) groups is 1. The molecule has 3 nitrogen and oxygen atoms in total. The van der Waals surface area contributed by atoms with Crippen molar-refractivity contribution < 1.29 is 9.53 Å². The van der Waals surface area contributed by atoms with Crippen molar-refractivity contribution in [3.63, 3.8) is 0 Å². The van der Waals surface area contributed by atoms with Crippen LogP contribution in [0.25, 0.3) is 0 Å². The summed E-state index contributed by atoms with van der Waals surface area (Å²) in [6, 6.07) is 0. The van der Waals surface area contributed by atoms with Gasteiger partial charge in [-0.2, -0.15) is 0 Å². The standard InChI is InChI=1S/C13H25NO2/c1-3-14(11-13(15)16-4-2)10-12-8-6-5-7-9-12/h12H,3-11H2,1-2H3. The van der Waals surface area contributed by atoms with Gasteiger partial charge in [-0.3, -0.25) is 9.69 Å². The van der Waals surface area contributed by atoms with Crippen LogP contribution >= 0.6 is 0 Å². The molecule has 0 saturated heterocycles. The summed E-state index contributed by atoms with van der Waals surface area (Å²) >= 11 is 0. The normalized spacial score (nSPS) is 17.7. The van der Waals surface area contributed by atoms with Crippen molar-refractivity contribution in [1.82, 2.24) is 4.90 Å². The Hall–Kier alpha value is -0.570. The molecule has 0 radical (unpaired) electrons. The van der Waals surface area contributed by atoms with Gasteiger partial charge in [0, 0.05) is 6.54 Å². The lowest BCUT2D eigenvalue weighted by molar-refractivity contribution is -0.144. The maximum Gasteiger partial charge on any atom is 0.320 e. The molecule has 0 bridgehead atoms. The molecule has 1 rings (SSSR count). The molecule has 0 aromatic heterocycles. The minimum Gasteiger partial charge on any atom is -0.465 e. The highest BCUT2D eigenvalue weighted by Gasteiger charge is 2.18. The zero-order valence-electron chi connectivity index (χ0n) is 10.7. The highest BCUT2D eigenvalue weighted by Crippen LogP contribution is 2.24. The number of nitrogens with zero attached hydrogens (tertiary/aromatic N) is 1. The van der Waals surface area contributed by atoms with Crippen molar-refractivity contribution in [1.29, 1.82) is 0 Å². The van der Waals surface area contributed by atoms with E-state index in [0.717, 1.165) is 19.0 Å². The Morgan fingerprint density at radius 3 is 2.50 bits per heavy atom. The van der Waals surface area contributed by atoms with Crippen LogP contribution in [-0.2, 0) is 9.53 Å². The average molecular weight is 227 g/mol. The summed E-state index contributed by atoms with van der Waals surface area (Å²) in [7, 11) is 0. The molecule has 0 heterocycles. The van der Waals surface area contributed by atoms with Gasteiger partial charge in [0.1, 0.15) is 0 Å². The quantitative estimate of drug-likeness (QED) is 0.653. The lowest BCUT2D eigenvalue weighted by atomic mass is 9.89. The third-order valence-electron chi connectivity index (χ3n) is 3.35. The minimum atomic E-state index is -0.0832. The van der Waals surface area contributed by atoms with E-state index >= 15 is 0 Å². The Kier molecular flexibility index (Phi) is 6.46. The van der Waals surface area contributed by atoms with E-state index in [4.69, 9.17) is 4.74 Å². The first kappa shape index (κ1) is 13.5. The first-order valence-corrected chi connectivity index (χ1v) is 6.64. The number of ether oxygens (including phenoxy) is 1. The molecular formula is C13H25NO2. The number of rotatable bonds is 6. The Morgan fingerprint density at radius 1 is 1.25 bits per heavy atom. The summed E-state index contributed by atoms with van der Waals surface area (Å²) in [5, 5.41) is 0. The van der Waals surface area contributed by atoms with E-state index in [9.17, 15) is 4.79 Å². The molecule has 1 aliphatic carbocycles. The lowest BCUT2D eigenvalue weighted by Crippen LogP contribution is -2.35. The molecule has 0 atom stereocenters. The molecule has 16 heavy (non-hydrogen) atoms. The van der Waals surface area contributed by atoms with Crippen molar-refractivity contribution in [3.8, 4) is 0 Å². The second-order valence-electron chi connectivity index (χ2n) is 4.64. The van der Waals surface area contributed by atoms with E-state index in [0.29, 0.717) is 13.2 Å². The topological polar surface area (TPSA) is 29.5 Å². The van der Waals surface area contributed by atoms with Gasteiger partial charge in [0.25, 0.3) is 0 Å². The smallest absolute Gasteiger partial charge is 0.320 e. The van der Waals surface area contributed by atoms with E-state index in [1.807, 2.05) is 6.92 Å². The van der Waals surface area contributed by atoms with E-state index in [-0.39, 0.29) is 5.97 Å². The van der Waals surface area contributed by atoms with Crippen LogP contribution < -0.4 is 0 Å². The van der Waals surface area contributed by atoms with Crippen molar-refractivity contribution in [2.45, 2.75) is 46.0 Å². The van der Waals surface area contributed by atoms with E-state index in [1.54, 1.807) is 0 Å². The first-order chi connectivity index (χ1) is 7.76. The summed E-state index contributed by atoms with van der Waals surface area (Å²) in [6.45, 7) is 6.92. The molecule has 0 unspecified atom stereocenters. The van der Waals surface area contributed by atoms with Gasteiger partial charge in [-0.1, -0.05) is 26.2 Å². The van der Waals surface area contributed by atoms with Crippen molar-refractivity contribution >= 4 is 5.97 Å². The second-order valence-corrected chi connectivity index (χ2v) is 4.64. The average Bonchev–Trinajstić information content (AvgIpc) is 2.30. The fraction of sp³-hybridized carbons (Fsp3) is 0.923. The molecule has 1 saturated carbocycles. The van der Waals surface area contributed by atoms with Crippen molar-refractivity contribution in [2.24, 2.45) is 5.92 Å². The van der Waals surface area contributed by atoms with Gasteiger partial charge in [0.05, 0.1) is 13.2 Å². The Morgan fingerprint density at radius 2 is 1.94 bits per heavy atom. The molecule has 0 N–H and O–H groups in total. The number of hydrogen-bond donors (Lipinski definition) is 0. The van der Waals surface area contributed by atoms with Crippen LogP contribution in [0.1, 0.15) is 46.0 Å². The van der Waals surface area contributed by atoms with Crippen LogP contribution in [0.15, 0.2) is 0 Å². The van der Waals surface area contributed by atoms with Gasteiger partial charge >= 0.3 is 5.97 Å². The van der Waals surface area contributed by atoms with Crippen LogP contribution in [-0.4, -0.2) is 37.1 Å². The predicted octanol–water partition coefficient (Wildman–Crippen LogP) is 2.45. The van der Waals surface area contributed by atoms with E-state index in [2.05, 4.69) is 11.8 Å². The number of esters is 1. The summed E-state index contributed by atoms with van der Waals surface area (Å²) in [5.41, 5.74) is 0. The molecule has 94 valence electrons. The maximum absolute atomic E-state index is 11.4. The van der Waals surface area contributed by atoms with Crippen LogP contribution in [0.3, 0.4) is 0 Å². The lowest BCUT2D eigenvalue weighted by Gasteiger charge is -2.28. The van der Waals surface area contributed by atoms with Gasteiger partial charge in [-0.05, 0) is 32.2 Å². The Balaban J connectivity index is 2.27. The summed E-state index contributed by atoms with van der Waals surface area (Å²) < 4.78 is 4.98. The fourth-order valence-electron chi connectivity index (χ4n) is 2.43. The third kappa shape index (κ3) is 4.97. The minimum absolute atomic E-state index is 0.0832. The molecule has 1 aliphatic rings. The van der Waals surface area contributed by atoms with Gasteiger partial charge < -0.3 is 4.74 Å². The first-order valence-electron chi connectivity index (χ1n) is 6.64. The van der Waals surface area contributed by atoms with Gasteiger partial charge in [0.2, 0.25) is 0 Å². The van der Waals surface area contributed by atoms with Crippen LogP contribution in [0.5, 0.6) is 0 Å². The zero-order valence-corrected chi connectivity index (χ0v) is 10.7. The molecule has 1 fully saturated rings. The molecule has 0 amide bonds. The second kappa shape index (κ2) is 7.66. The monoisotopic (exact) mass is 227 g/mol. The van der Waals surface area contributed by atoms with Crippen LogP contribution in [0.2, 0.25) is 0 Å². The van der Waals surface area contributed by atoms with Gasteiger partial charge in [-0.25, -0.2) is 0 Å². The van der Waals surface area contributed by atoms with Crippen LogP contribution in [0.4, 0.5) is 0 Å². The fourth-order valence-corrected chi connectivity index (χ4v) is 2.43. The molecule has 0 aromatic rings. The summed E-state index contributed by atoms with van der Waals surface area (Å²) in [6.07, 6.45) is 6.78. The van der Waals surface area contributed by atoms with E-state index in [1.165, 1.54) is 32.1 Å². The highest BCUT2D eigenvalue weighted by molar-refractivity contribution is 5.71. The Bertz CT molecular complexity index is 200. The summed E-state index contributed by atoms with van der Waals surface area (Å²) in [4.78, 5) is 13.6. The number of likely N-dealkylation sites (N-methyl/N-ethyl adjacent to an activating group) is 1. The van der Waals surface area contributed by atoms with Crippen LogP contribution in [0, 0.1) is 5.92 Å². The van der Waals surface area contributed by atoms with Gasteiger partial charge in [0.15, 0.2) is 0 Å². The maximum atomic E-state index is 11.4. The zero-order chi connectivity index (χ0) is 11.8. The number of carbonyl (C=O) groups excluding carboxylic acids is 1. The molecule has 0 spiro atoms. The van der Waals surface area contributed by atoms with Gasteiger partial charge in [-0.15, -0.1) is 0 Å². The van der Waals surface area contributed by atoms with E-state index < -0.39 is 0 Å². The number of hydrogen-bond acceptors (Lipinski definition) is 3. The molecule has 0 aliphatic heterocycles. The Labute approximate surface area is 99.1 Å². The predicted molar refractivity (Wildman–Crippen MR) is 65.3 cm³/mol. The third-order valence-corrected chi connectivity index (χ3v) is 3.35. The SMILES string of the molecule is CCOC(=O)CN(CC)CC1CCCCC1. The largest absolute Gasteiger partial charge is 0.465 e.